The van der Waals surface area contributed by atoms with Crippen LogP contribution in [0.4, 0.5) is 14.6 Å². The summed E-state index contributed by atoms with van der Waals surface area (Å²) in [6.07, 6.45) is 4.19. The van der Waals surface area contributed by atoms with Crippen molar-refractivity contribution in [1.29, 1.82) is 0 Å². The number of aromatic nitrogens is 4. The Morgan fingerprint density at radius 3 is 2.84 bits per heavy atom. The predicted molar refractivity (Wildman–Crippen MR) is 109 cm³/mol. The molecule has 0 spiro atoms. The lowest BCUT2D eigenvalue weighted by molar-refractivity contribution is 0.0328. The van der Waals surface area contributed by atoms with Gasteiger partial charge < -0.3 is 15.4 Å². The van der Waals surface area contributed by atoms with Gasteiger partial charge in [0.25, 0.3) is 5.91 Å². The molecule has 1 aliphatic heterocycles. The molecular weight excluding hydrogens is 406 g/mol. The second-order valence-electron chi connectivity index (χ2n) is 7.51. The molecule has 4 aromatic rings. The van der Waals surface area contributed by atoms with Crippen LogP contribution >= 0.6 is 0 Å². The summed E-state index contributed by atoms with van der Waals surface area (Å²) >= 11 is 0. The van der Waals surface area contributed by atoms with Crippen molar-refractivity contribution in [3.8, 4) is 0 Å². The average molecular weight is 424 g/mol. The van der Waals surface area contributed by atoms with E-state index >= 15 is 0 Å². The average Bonchev–Trinajstić information content (AvgIpc) is 3.15. The summed E-state index contributed by atoms with van der Waals surface area (Å²) in [5, 5.41) is 5.36. The molecule has 1 aromatic carbocycles. The largest absolute Gasteiger partial charge is 0.383 e. The van der Waals surface area contributed by atoms with Crippen LogP contribution in [0, 0.1) is 11.6 Å². The highest BCUT2D eigenvalue weighted by atomic mass is 19.1. The number of amides is 1. The molecule has 4 heterocycles. The number of nitrogens with zero attached hydrogens (tertiary/aromatic N) is 5. The predicted octanol–water partition coefficient (Wildman–Crippen LogP) is 2.72. The van der Waals surface area contributed by atoms with E-state index in [0.29, 0.717) is 32.9 Å². The lowest BCUT2D eigenvalue weighted by atomic mass is 9.99. The minimum Gasteiger partial charge on any atom is -0.383 e. The van der Waals surface area contributed by atoms with E-state index in [1.165, 1.54) is 30.3 Å². The van der Waals surface area contributed by atoms with Gasteiger partial charge in [0.05, 0.1) is 53.6 Å². The molecule has 0 fully saturated rings. The fourth-order valence-corrected chi connectivity index (χ4v) is 4.07. The highest BCUT2D eigenvalue weighted by Gasteiger charge is 2.31. The highest BCUT2D eigenvalue weighted by molar-refractivity contribution is 6.10. The fourth-order valence-electron chi connectivity index (χ4n) is 4.07. The molecule has 31 heavy (non-hydrogen) atoms. The van der Waals surface area contributed by atoms with Crippen molar-refractivity contribution in [3.05, 3.63) is 59.0 Å². The number of pyridine rings is 2. The van der Waals surface area contributed by atoms with Crippen LogP contribution in [-0.2, 0) is 18.4 Å². The maximum Gasteiger partial charge on any atom is 0.257 e. The first-order valence-corrected chi connectivity index (χ1v) is 9.54. The maximum absolute atomic E-state index is 15.0. The zero-order valence-corrected chi connectivity index (χ0v) is 16.8. The third-order valence-electron chi connectivity index (χ3n) is 5.73. The van der Waals surface area contributed by atoms with Gasteiger partial charge in [-0.25, -0.2) is 13.8 Å². The molecule has 0 saturated heterocycles. The van der Waals surface area contributed by atoms with E-state index in [9.17, 15) is 13.6 Å². The molecule has 8 nitrogen and oxygen atoms in total. The van der Waals surface area contributed by atoms with Crippen molar-refractivity contribution in [1.82, 2.24) is 24.6 Å². The zero-order valence-electron chi connectivity index (χ0n) is 16.8. The van der Waals surface area contributed by atoms with Crippen LogP contribution in [0.3, 0.4) is 0 Å². The first-order chi connectivity index (χ1) is 14.9. The van der Waals surface area contributed by atoms with E-state index in [1.807, 2.05) is 0 Å². The molecule has 1 atom stereocenters. The first-order valence-electron chi connectivity index (χ1n) is 9.54. The molecule has 1 amide bonds. The Hall–Kier alpha value is -3.66. The second-order valence-corrected chi connectivity index (χ2v) is 7.51. The lowest BCUT2D eigenvalue weighted by Crippen LogP contribution is -2.37. The number of hydrogen-bond acceptors (Lipinski definition) is 6. The second kappa shape index (κ2) is 6.95. The number of nitrogens with two attached hydrogens (primary N) is 1. The van der Waals surface area contributed by atoms with Gasteiger partial charge in [0, 0.05) is 42.9 Å². The number of halogens is 2. The van der Waals surface area contributed by atoms with Crippen LogP contribution in [0.1, 0.15) is 27.5 Å². The molecule has 0 unspecified atom stereocenters. The molecule has 0 radical (unpaired) electrons. The van der Waals surface area contributed by atoms with E-state index in [-0.39, 0.29) is 24.6 Å². The third kappa shape index (κ3) is 2.90. The van der Waals surface area contributed by atoms with Gasteiger partial charge in [-0.2, -0.15) is 5.10 Å². The van der Waals surface area contributed by atoms with Gasteiger partial charge in [-0.15, -0.1) is 0 Å². The van der Waals surface area contributed by atoms with Gasteiger partial charge in [-0.1, -0.05) is 0 Å². The van der Waals surface area contributed by atoms with Crippen LogP contribution < -0.4 is 5.73 Å². The van der Waals surface area contributed by atoms with Crippen molar-refractivity contribution < 1.29 is 18.3 Å². The number of nitrogen functional groups attached to an aromatic ring is 1. The van der Waals surface area contributed by atoms with Gasteiger partial charge in [0.15, 0.2) is 0 Å². The number of carbonyl (C=O) groups is 1. The van der Waals surface area contributed by atoms with Crippen molar-refractivity contribution in [2.45, 2.75) is 12.6 Å². The smallest absolute Gasteiger partial charge is 0.257 e. The molecule has 2 N–H and O–H groups in total. The highest BCUT2D eigenvalue weighted by Crippen LogP contribution is 2.33. The summed E-state index contributed by atoms with van der Waals surface area (Å²) in [6.45, 7) is 0.248. The summed E-state index contributed by atoms with van der Waals surface area (Å²) in [5.41, 5.74) is 7.70. The first kappa shape index (κ1) is 19.3. The number of benzene rings is 1. The standard InChI is InChI=1S/C21H18F2N6O2/c1-28(18-9-31-8-14-12(18)5-25-7-16(14)23)21(30)10-3-11-17(4-15(10)22)27-20(24)13-6-26-29(2)19(11)13/h3-7,18H,8-9H2,1-2H3,(H2,24,27)/t18-/m0/s1. The van der Waals surface area contributed by atoms with Gasteiger partial charge in [0.1, 0.15) is 17.5 Å². The number of ether oxygens (including phenoxy) is 1. The molecule has 0 bridgehead atoms. The van der Waals surface area contributed by atoms with E-state index in [1.54, 1.807) is 17.9 Å². The van der Waals surface area contributed by atoms with Gasteiger partial charge in [-0.05, 0) is 6.07 Å². The van der Waals surface area contributed by atoms with Crippen LogP contribution in [0.15, 0.2) is 30.7 Å². The topological polar surface area (TPSA) is 99.2 Å². The van der Waals surface area contributed by atoms with Crippen LogP contribution in [0.5, 0.6) is 0 Å². The summed E-state index contributed by atoms with van der Waals surface area (Å²) in [4.78, 5) is 22.8. The van der Waals surface area contributed by atoms with Crippen LogP contribution in [-0.4, -0.2) is 44.2 Å². The Morgan fingerprint density at radius 2 is 2.03 bits per heavy atom. The molecule has 0 aliphatic carbocycles. The Balaban J connectivity index is 1.61. The molecule has 5 rings (SSSR count). The number of anilines is 1. The third-order valence-corrected chi connectivity index (χ3v) is 5.73. The molecule has 0 saturated carbocycles. The quantitative estimate of drug-likeness (QED) is 0.531. The van der Waals surface area contributed by atoms with Crippen molar-refractivity contribution in [2.24, 2.45) is 7.05 Å². The molecule has 158 valence electrons. The number of hydrogen-bond donors (Lipinski definition) is 1. The summed E-state index contributed by atoms with van der Waals surface area (Å²) in [5.74, 6) is -1.57. The Bertz CT molecular complexity index is 1370. The zero-order chi connectivity index (χ0) is 21.9. The number of carbonyl (C=O) groups excluding carboxylic acids is 1. The molecule has 1 aliphatic rings. The van der Waals surface area contributed by atoms with Crippen molar-refractivity contribution >= 4 is 33.5 Å². The van der Waals surface area contributed by atoms with Crippen molar-refractivity contribution in [3.63, 3.8) is 0 Å². The fraction of sp³-hybridized carbons (Fsp3) is 0.238. The van der Waals surface area contributed by atoms with Gasteiger partial charge in [0.2, 0.25) is 0 Å². The minimum atomic E-state index is -0.730. The monoisotopic (exact) mass is 424 g/mol. The number of fused-ring (bicyclic) bond motifs is 4. The number of aryl methyl sites for hydroxylation is 1. The number of rotatable bonds is 2. The van der Waals surface area contributed by atoms with Crippen LogP contribution in [0.25, 0.3) is 21.8 Å². The Labute approximate surface area is 175 Å². The van der Waals surface area contributed by atoms with E-state index in [0.717, 1.165) is 6.20 Å². The maximum atomic E-state index is 15.0. The SMILES string of the molecule is CN(C(=O)c1cc2c(cc1F)nc(N)c1cnn(C)c12)[C@H]1COCc2c(F)cncc21. The van der Waals surface area contributed by atoms with E-state index in [2.05, 4.69) is 15.1 Å². The normalized spacial score (nSPS) is 15.9. The van der Waals surface area contributed by atoms with Gasteiger partial charge in [-0.3, -0.25) is 14.5 Å². The minimum absolute atomic E-state index is 0.0954. The van der Waals surface area contributed by atoms with Crippen LogP contribution in [0.2, 0.25) is 0 Å². The Morgan fingerprint density at radius 1 is 1.23 bits per heavy atom. The lowest BCUT2D eigenvalue weighted by Gasteiger charge is -2.33. The van der Waals surface area contributed by atoms with Crippen molar-refractivity contribution in [2.75, 3.05) is 19.4 Å². The molecule has 10 heteroatoms. The Kier molecular flexibility index (Phi) is 4.33. The van der Waals surface area contributed by atoms with E-state index in [4.69, 9.17) is 10.5 Å². The summed E-state index contributed by atoms with van der Waals surface area (Å²) < 4.78 is 36.2. The van der Waals surface area contributed by atoms with Gasteiger partial charge >= 0.3 is 0 Å². The molecule has 3 aromatic heterocycles. The summed E-state index contributed by atoms with van der Waals surface area (Å²) in [6, 6.07) is 2.04. The molecular formula is C21H18F2N6O2. The van der Waals surface area contributed by atoms with E-state index < -0.39 is 23.6 Å². The summed E-state index contributed by atoms with van der Waals surface area (Å²) in [7, 11) is 3.26. The number of likely N-dealkylation sites (N-methyl/N-ethyl adjacent to an activating group) is 1.